The maximum absolute atomic E-state index is 13.2. The molecule has 1 aliphatic rings. The van der Waals surface area contributed by atoms with E-state index in [1.165, 1.54) is 0 Å². The number of nitrogens with one attached hydrogen (secondary N) is 1. The van der Waals surface area contributed by atoms with Crippen LogP contribution in [0.5, 0.6) is 11.6 Å². The number of amides is 1. The number of hydrogen-bond donors (Lipinski definition) is 1. The molecule has 2 aromatic carbocycles. The van der Waals surface area contributed by atoms with Crippen molar-refractivity contribution in [2.45, 2.75) is 31.8 Å². The van der Waals surface area contributed by atoms with Gasteiger partial charge in [0.1, 0.15) is 11.6 Å². The molecule has 7 nitrogen and oxygen atoms in total. The van der Waals surface area contributed by atoms with Gasteiger partial charge in [0, 0.05) is 13.1 Å². The van der Waals surface area contributed by atoms with Crippen molar-refractivity contribution < 1.29 is 9.53 Å². The molecular formula is C26H27N5O2. The van der Waals surface area contributed by atoms with Crippen LogP contribution in [0.25, 0.3) is 11.0 Å². The van der Waals surface area contributed by atoms with E-state index in [9.17, 15) is 4.79 Å². The van der Waals surface area contributed by atoms with Crippen LogP contribution in [-0.2, 0) is 18.4 Å². The summed E-state index contributed by atoms with van der Waals surface area (Å²) in [6, 6.07) is 21.0. The van der Waals surface area contributed by atoms with Crippen molar-refractivity contribution >= 4 is 22.6 Å². The van der Waals surface area contributed by atoms with Crippen molar-refractivity contribution in [1.82, 2.24) is 19.4 Å². The lowest BCUT2D eigenvalue weighted by Gasteiger charge is -2.34. The summed E-state index contributed by atoms with van der Waals surface area (Å²) in [6.45, 7) is 1.52. The standard InChI is InChI=1S/C26H27N5O2/c1-30-22-12-6-5-11-21(22)29-24(30)18-31-16-8-7-13-23(31)26(32)28-19-14-15-25(27-17-19)33-20-9-3-2-4-10-20/h2-6,9-12,14-15,17,23H,7-8,13,16,18H2,1H3,(H,28,32)/t23-/m1/s1. The number of nitrogens with zero attached hydrogens (tertiary/aromatic N) is 4. The van der Waals surface area contributed by atoms with Crippen LogP contribution in [0.3, 0.4) is 0 Å². The second-order valence-electron chi connectivity index (χ2n) is 8.35. The summed E-state index contributed by atoms with van der Waals surface area (Å²) in [7, 11) is 2.04. The largest absolute Gasteiger partial charge is 0.439 e. The first kappa shape index (κ1) is 21.2. The number of pyridine rings is 1. The molecular weight excluding hydrogens is 414 g/mol. The van der Waals surface area contributed by atoms with Crippen LogP contribution in [0, 0.1) is 0 Å². The fourth-order valence-corrected chi connectivity index (χ4v) is 4.35. The Morgan fingerprint density at radius 2 is 1.88 bits per heavy atom. The van der Waals surface area contributed by atoms with Gasteiger partial charge in [-0.3, -0.25) is 9.69 Å². The fraction of sp³-hybridized carbons (Fsp3) is 0.269. The molecule has 1 saturated heterocycles. The van der Waals surface area contributed by atoms with E-state index in [1.807, 2.05) is 61.6 Å². The van der Waals surface area contributed by atoms with Gasteiger partial charge in [0.25, 0.3) is 0 Å². The summed E-state index contributed by atoms with van der Waals surface area (Å²) in [5.74, 6) is 2.17. The number of imidazole rings is 1. The third kappa shape index (κ3) is 4.73. The molecule has 33 heavy (non-hydrogen) atoms. The minimum absolute atomic E-state index is 0.00741. The monoisotopic (exact) mass is 441 g/mol. The van der Waals surface area contributed by atoms with Gasteiger partial charge in [0.2, 0.25) is 11.8 Å². The zero-order valence-corrected chi connectivity index (χ0v) is 18.6. The van der Waals surface area contributed by atoms with Gasteiger partial charge < -0.3 is 14.6 Å². The number of benzene rings is 2. The normalized spacial score (nSPS) is 16.6. The van der Waals surface area contributed by atoms with Crippen molar-refractivity contribution in [2.75, 3.05) is 11.9 Å². The van der Waals surface area contributed by atoms with E-state index >= 15 is 0 Å². The predicted molar refractivity (Wildman–Crippen MR) is 128 cm³/mol. The molecule has 0 spiro atoms. The Hall–Kier alpha value is -3.71. The summed E-state index contributed by atoms with van der Waals surface area (Å²) in [4.78, 5) is 24.5. The van der Waals surface area contributed by atoms with Gasteiger partial charge in [0.05, 0.1) is 35.5 Å². The fourth-order valence-electron chi connectivity index (χ4n) is 4.35. The highest BCUT2D eigenvalue weighted by molar-refractivity contribution is 5.94. The lowest BCUT2D eigenvalue weighted by atomic mass is 10.0. The number of ether oxygens (including phenoxy) is 1. The first-order valence-electron chi connectivity index (χ1n) is 11.3. The van der Waals surface area contributed by atoms with Crippen LogP contribution < -0.4 is 10.1 Å². The molecule has 7 heteroatoms. The van der Waals surface area contributed by atoms with Gasteiger partial charge in [-0.15, -0.1) is 0 Å². The molecule has 1 N–H and O–H groups in total. The number of aromatic nitrogens is 3. The van der Waals surface area contributed by atoms with Crippen molar-refractivity contribution in [3.63, 3.8) is 0 Å². The number of carbonyl (C=O) groups is 1. The van der Waals surface area contributed by atoms with Crippen molar-refractivity contribution in [1.29, 1.82) is 0 Å². The Morgan fingerprint density at radius 1 is 1.06 bits per heavy atom. The highest BCUT2D eigenvalue weighted by Gasteiger charge is 2.30. The summed E-state index contributed by atoms with van der Waals surface area (Å²) >= 11 is 0. The minimum Gasteiger partial charge on any atom is -0.439 e. The number of piperidine rings is 1. The van der Waals surface area contributed by atoms with Crippen LogP contribution >= 0.6 is 0 Å². The molecule has 2 aromatic heterocycles. The first-order valence-corrected chi connectivity index (χ1v) is 11.3. The topological polar surface area (TPSA) is 72.3 Å². The Labute approximate surface area is 193 Å². The summed E-state index contributed by atoms with van der Waals surface area (Å²) < 4.78 is 7.85. The van der Waals surface area contributed by atoms with E-state index in [4.69, 9.17) is 9.72 Å². The molecule has 168 valence electrons. The SMILES string of the molecule is Cn1c(CN2CCCC[C@@H]2C(=O)Nc2ccc(Oc3ccccc3)nc2)nc2ccccc21. The van der Waals surface area contributed by atoms with Crippen LogP contribution in [0.2, 0.25) is 0 Å². The number of hydrogen-bond acceptors (Lipinski definition) is 5. The lowest BCUT2D eigenvalue weighted by Crippen LogP contribution is -2.46. The molecule has 0 bridgehead atoms. The zero-order valence-electron chi connectivity index (χ0n) is 18.6. The number of para-hydroxylation sites is 3. The van der Waals surface area contributed by atoms with Crippen molar-refractivity contribution in [3.05, 3.63) is 78.8 Å². The summed E-state index contributed by atoms with van der Waals surface area (Å²) in [6.07, 6.45) is 4.59. The van der Waals surface area contributed by atoms with Gasteiger partial charge in [-0.25, -0.2) is 9.97 Å². The van der Waals surface area contributed by atoms with E-state index in [-0.39, 0.29) is 11.9 Å². The van der Waals surface area contributed by atoms with E-state index in [1.54, 1.807) is 12.3 Å². The number of likely N-dealkylation sites (tertiary alicyclic amines) is 1. The highest BCUT2D eigenvalue weighted by Crippen LogP contribution is 2.24. The molecule has 0 radical (unpaired) electrons. The first-order chi connectivity index (χ1) is 16.2. The Balaban J connectivity index is 1.26. The third-order valence-electron chi connectivity index (χ3n) is 6.11. The average molecular weight is 442 g/mol. The minimum atomic E-state index is -0.196. The van der Waals surface area contributed by atoms with Gasteiger partial charge >= 0.3 is 0 Å². The van der Waals surface area contributed by atoms with Crippen LogP contribution in [0.4, 0.5) is 5.69 Å². The molecule has 0 aliphatic carbocycles. The average Bonchev–Trinajstić information content (AvgIpc) is 3.16. The maximum atomic E-state index is 13.2. The zero-order chi connectivity index (χ0) is 22.6. The van der Waals surface area contributed by atoms with E-state index in [2.05, 4.69) is 25.8 Å². The molecule has 1 amide bonds. The molecule has 3 heterocycles. The Morgan fingerprint density at radius 3 is 2.67 bits per heavy atom. The van der Waals surface area contributed by atoms with E-state index in [0.29, 0.717) is 18.1 Å². The molecule has 0 saturated carbocycles. The number of aryl methyl sites for hydroxylation is 1. The lowest BCUT2D eigenvalue weighted by molar-refractivity contribution is -0.122. The number of fused-ring (bicyclic) bond motifs is 1. The molecule has 5 rings (SSSR count). The van der Waals surface area contributed by atoms with Gasteiger partial charge in [-0.05, 0) is 49.7 Å². The van der Waals surface area contributed by atoms with Crippen LogP contribution in [-0.4, -0.2) is 37.9 Å². The van der Waals surface area contributed by atoms with Gasteiger partial charge in [0.15, 0.2) is 0 Å². The Bertz CT molecular complexity index is 1240. The van der Waals surface area contributed by atoms with Crippen LogP contribution in [0.1, 0.15) is 25.1 Å². The molecule has 1 aliphatic heterocycles. The Kier molecular flexibility index (Phi) is 6.04. The molecule has 0 unspecified atom stereocenters. The smallest absolute Gasteiger partial charge is 0.241 e. The number of rotatable bonds is 6. The maximum Gasteiger partial charge on any atom is 0.241 e. The molecule has 1 fully saturated rings. The van der Waals surface area contributed by atoms with Crippen molar-refractivity contribution in [3.8, 4) is 11.6 Å². The highest BCUT2D eigenvalue weighted by atomic mass is 16.5. The van der Waals surface area contributed by atoms with E-state index < -0.39 is 0 Å². The predicted octanol–water partition coefficient (Wildman–Crippen LogP) is 4.75. The second-order valence-corrected chi connectivity index (χ2v) is 8.35. The van der Waals surface area contributed by atoms with E-state index in [0.717, 1.165) is 48.4 Å². The summed E-state index contributed by atoms with van der Waals surface area (Å²) in [5, 5.41) is 3.03. The third-order valence-corrected chi connectivity index (χ3v) is 6.11. The van der Waals surface area contributed by atoms with Gasteiger partial charge in [-0.1, -0.05) is 36.8 Å². The number of anilines is 1. The van der Waals surface area contributed by atoms with Crippen molar-refractivity contribution in [2.24, 2.45) is 7.05 Å². The molecule has 4 aromatic rings. The van der Waals surface area contributed by atoms with Crippen LogP contribution in [0.15, 0.2) is 72.9 Å². The summed E-state index contributed by atoms with van der Waals surface area (Å²) in [5.41, 5.74) is 2.75. The van der Waals surface area contributed by atoms with Gasteiger partial charge in [-0.2, -0.15) is 0 Å². The number of carbonyl (C=O) groups excluding carboxylic acids is 1. The second kappa shape index (κ2) is 9.42. The quantitative estimate of drug-likeness (QED) is 0.467. The molecule has 1 atom stereocenters.